The second kappa shape index (κ2) is 9.54. The summed E-state index contributed by atoms with van der Waals surface area (Å²) in [5.74, 6) is 0.0507. The maximum atomic E-state index is 11.9. The van der Waals surface area contributed by atoms with Crippen molar-refractivity contribution in [2.45, 2.75) is 6.61 Å². The van der Waals surface area contributed by atoms with E-state index < -0.39 is 6.09 Å². The molecule has 0 radical (unpaired) electrons. The number of aromatic nitrogens is 1. The topological polar surface area (TPSA) is 92.8 Å². The SMILES string of the molecule is O=C(CNC(=O)OCc1ccccc1)Nc1ccc(N2CCOCC2)cn1. The molecule has 0 saturated carbocycles. The molecular weight excluding hydrogens is 348 g/mol. The van der Waals surface area contributed by atoms with Crippen LogP contribution in [0.5, 0.6) is 0 Å². The molecule has 2 heterocycles. The summed E-state index contributed by atoms with van der Waals surface area (Å²) in [6, 6.07) is 12.9. The summed E-state index contributed by atoms with van der Waals surface area (Å²) < 4.78 is 10.4. The van der Waals surface area contributed by atoms with E-state index in [1.54, 1.807) is 12.3 Å². The van der Waals surface area contributed by atoms with Crippen LogP contribution < -0.4 is 15.5 Å². The lowest BCUT2D eigenvalue weighted by Crippen LogP contribution is -2.36. The van der Waals surface area contributed by atoms with Gasteiger partial charge in [-0.15, -0.1) is 0 Å². The zero-order valence-electron chi connectivity index (χ0n) is 14.9. The number of anilines is 2. The van der Waals surface area contributed by atoms with E-state index in [0.29, 0.717) is 19.0 Å². The summed E-state index contributed by atoms with van der Waals surface area (Å²) in [5.41, 5.74) is 1.86. The van der Waals surface area contributed by atoms with Gasteiger partial charge in [-0.2, -0.15) is 0 Å². The van der Waals surface area contributed by atoms with Crippen LogP contribution in [0.1, 0.15) is 5.56 Å². The molecule has 0 spiro atoms. The highest BCUT2D eigenvalue weighted by molar-refractivity contribution is 5.93. The lowest BCUT2D eigenvalue weighted by Gasteiger charge is -2.28. The molecule has 1 aromatic carbocycles. The van der Waals surface area contributed by atoms with Gasteiger partial charge in [0.1, 0.15) is 19.0 Å². The van der Waals surface area contributed by atoms with E-state index in [9.17, 15) is 9.59 Å². The third-order valence-corrected chi connectivity index (χ3v) is 4.00. The van der Waals surface area contributed by atoms with Crippen molar-refractivity contribution in [1.29, 1.82) is 0 Å². The van der Waals surface area contributed by atoms with Crippen LogP contribution in [0.25, 0.3) is 0 Å². The number of carbonyl (C=O) groups excluding carboxylic acids is 2. The molecule has 1 saturated heterocycles. The summed E-state index contributed by atoms with van der Waals surface area (Å²) in [5, 5.41) is 5.05. The highest BCUT2D eigenvalue weighted by Gasteiger charge is 2.12. The number of nitrogens with one attached hydrogen (secondary N) is 2. The van der Waals surface area contributed by atoms with Gasteiger partial charge in [0, 0.05) is 13.1 Å². The number of ether oxygens (including phenoxy) is 2. The Morgan fingerprint density at radius 3 is 2.59 bits per heavy atom. The minimum Gasteiger partial charge on any atom is -0.445 e. The predicted molar refractivity (Wildman–Crippen MR) is 101 cm³/mol. The van der Waals surface area contributed by atoms with Crippen LogP contribution in [0.4, 0.5) is 16.3 Å². The van der Waals surface area contributed by atoms with Gasteiger partial charge in [-0.3, -0.25) is 4.79 Å². The largest absolute Gasteiger partial charge is 0.445 e. The number of pyridine rings is 1. The molecule has 2 aromatic rings. The smallest absolute Gasteiger partial charge is 0.407 e. The van der Waals surface area contributed by atoms with Gasteiger partial charge in [0.25, 0.3) is 0 Å². The van der Waals surface area contributed by atoms with Crippen molar-refractivity contribution in [3.63, 3.8) is 0 Å². The van der Waals surface area contributed by atoms with Crippen molar-refractivity contribution >= 4 is 23.5 Å². The van der Waals surface area contributed by atoms with E-state index in [4.69, 9.17) is 9.47 Å². The Labute approximate surface area is 157 Å². The number of alkyl carbamates (subject to hydrolysis) is 1. The molecular formula is C19H22N4O4. The number of rotatable bonds is 6. The summed E-state index contributed by atoms with van der Waals surface area (Å²) in [6.07, 6.45) is 1.06. The number of amides is 2. The first-order valence-electron chi connectivity index (χ1n) is 8.74. The number of nitrogens with zero attached hydrogens (tertiary/aromatic N) is 2. The first-order valence-corrected chi connectivity index (χ1v) is 8.74. The molecule has 0 unspecified atom stereocenters. The third-order valence-electron chi connectivity index (χ3n) is 4.00. The van der Waals surface area contributed by atoms with Crippen LogP contribution in [-0.4, -0.2) is 49.8 Å². The Morgan fingerprint density at radius 1 is 1.11 bits per heavy atom. The van der Waals surface area contributed by atoms with Crippen molar-refractivity contribution < 1.29 is 19.1 Å². The van der Waals surface area contributed by atoms with Gasteiger partial charge < -0.3 is 25.0 Å². The number of morpholine rings is 1. The van der Waals surface area contributed by atoms with Gasteiger partial charge in [0.15, 0.2) is 0 Å². The molecule has 0 atom stereocenters. The molecule has 0 aliphatic carbocycles. The maximum absolute atomic E-state index is 11.9. The van der Waals surface area contributed by atoms with E-state index in [-0.39, 0.29) is 19.1 Å². The fourth-order valence-electron chi connectivity index (χ4n) is 2.58. The number of hydrogen-bond donors (Lipinski definition) is 2. The molecule has 1 aromatic heterocycles. The van der Waals surface area contributed by atoms with Crippen molar-refractivity contribution in [3.05, 3.63) is 54.2 Å². The van der Waals surface area contributed by atoms with E-state index in [1.807, 2.05) is 36.4 Å². The second-order valence-electron chi connectivity index (χ2n) is 5.96. The first kappa shape index (κ1) is 18.7. The summed E-state index contributed by atoms with van der Waals surface area (Å²) in [4.78, 5) is 30.0. The zero-order chi connectivity index (χ0) is 18.9. The molecule has 1 aliphatic heterocycles. The van der Waals surface area contributed by atoms with Crippen molar-refractivity contribution in [2.24, 2.45) is 0 Å². The molecule has 3 rings (SSSR count). The fraction of sp³-hybridized carbons (Fsp3) is 0.316. The third kappa shape index (κ3) is 5.96. The minimum atomic E-state index is -0.648. The normalized spacial score (nSPS) is 13.7. The van der Waals surface area contributed by atoms with Gasteiger partial charge >= 0.3 is 6.09 Å². The predicted octanol–water partition coefficient (Wildman–Crippen LogP) is 1.78. The van der Waals surface area contributed by atoms with Gasteiger partial charge in [-0.1, -0.05) is 30.3 Å². The zero-order valence-corrected chi connectivity index (χ0v) is 14.9. The van der Waals surface area contributed by atoms with Crippen LogP contribution in [0.3, 0.4) is 0 Å². The Balaban J connectivity index is 1.39. The molecule has 2 N–H and O–H groups in total. The summed E-state index contributed by atoms with van der Waals surface area (Å²) >= 11 is 0. The van der Waals surface area contributed by atoms with Crippen LogP contribution in [0.2, 0.25) is 0 Å². The van der Waals surface area contributed by atoms with Crippen molar-refractivity contribution in [2.75, 3.05) is 43.1 Å². The molecule has 142 valence electrons. The molecule has 0 bridgehead atoms. The van der Waals surface area contributed by atoms with E-state index in [2.05, 4.69) is 20.5 Å². The van der Waals surface area contributed by atoms with Crippen LogP contribution >= 0.6 is 0 Å². The number of carbonyl (C=O) groups is 2. The monoisotopic (exact) mass is 370 g/mol. The van der Waals surface area contributed by atoms with E-state index in [1.165, 1.54) is 0 Å². The quantitative estimate of drug-likeness (QED) is 0.805. The first-order chi connectivity index (χ1) is 13.2. The van der Waals surface area contributed by atoms with Crippen LogP contribution in [0, 0.1) is 0 Å². The van der Waals surface area contributed by atoms with Gasteiger partial charge in [-0.25, -0.2) is 9.78 Å². The summed E-state index contributed by atoms with van der Waals surface area (Å²) in [7, 11) is 0. The highest BCUT2D eigenvalue weighted by Crippen LogP contribution is 2.16. The molecule has 1 aliphatic rings. The minimum absolute atomic E-state index is 0.152. The number of hydrogen-bond acceptors (Lipinski definition) is 6. The van der Waals surface area contributed by atoms with Crippen molar-refractivity contribution in [3.8, 4) is 0 Å². The van der Waals surface area contributed by atoms with E-state index in [0.717, 1.165) is 24.3 Å². The lowest BCUT2D eigenvalue weighted by molar-refractivity contribution is -0.115. The average molecular weight is 370 g/mol. The Bertz CT molecular complexity index is 746. The lowest BCUT2D eigenvalue weighted by atomic mass is 10.2. The van der Waals surface area contributed by atoms with Gasteiger partial charge in [0.05, 0.1) is 25.1 Å². The Kier molecular flexibility index (Phi) is 6.59. The highest BCUT2D eigenvalue weighted by atomic mass is 16.5. The Morgan fingerprint density at radius 2 is 1.89 bits per heavy atom. The fourth-order valence-corrected chi connectivity index (χ4v) is 2.58. The summed E-state index contributed by atoms with van der Waals surface area (Å²) in [6.45, 7) is 3.00. The van der Waals surface area contributed by atoms with Crippen molar-refractivity contribution in [1.82, 2.24) is 10.3 Å². The Hall–Kier alpha value is -3.13. The van der Waals surface area contributed by atoms with Crippen LogP contribution in [-0.2, 0) is 20.9 Å². The molecule has 2 amide bonds. The van der Waals surface area contributed by atoms with E-state index >= 15 is 0 Å². The second-order valence-corrected chi connectivity index (χ2v) is 5.96. The standard InChI is InChI=1S/C19H22N4O4/c24-18(13-21-19(25)27-14-15-4-2-1-3-5-15)22-17-7-6-16(12-20-17)23-8-10-26-11-9-23/h1-7,12H,8-11,13-14H2,(H,21,25)(H,20,22,24). The molecule has 1 fully saturated rings. The molecule has 8 heteroatoms. The van der Waals surface area contributed by atoms with Crippen LogP contribution in [0.15, 0.2) is 48.7 Å². The number of benzene rings is 1. The van der Waals surface area contributed by atoms with Gasteiger partial charge in [-0.05, 0) is 17.7 Å². The molecule has 27 heavy (non-hydrogen) atoms. The van der Waals surface area contributed by atoms with Gasteiger partial charge in [0.2, 0.25) is 5.91 Å². The molecule has 8 nitrogen and oxygen atoms in total. The maximum Gasteiger partial charge on any atom is 0.407 e. The average Bonchev–Trinajstić information content (AvgIpc) is 2.73.